The van der Waals surface area contributed by atoms with Gasteiger partial charge in [-0.15, -0.1) is 0 Å². The summed E-state index contributed by atoms with van der Waals surface area (Å²) in [5.41, 5.74) is 8.81. The summed E-state index contributed by atoms with van der Waals surface area (Å²) >= 11 is 8.81. The van der Waals surface area contributed by atoms with Gasteiger partial charge in [0.05, 0.1) is 103 Å². The van der Waals surface area contributed by atoms with Crippen LogP contribution in [-0.4, -0.2) is 93.4 Å². The van der Waals surface area contributed by atoms with Crippen molar-refractivity contribution < 1.29 is 22.8 Å². The van der Waals surface area contributed by atoms with Crippen molar-refractivity contribution in [1.82, 2.24) is 62.6 Å². The number of aromatic nitrogens is 14. The molecule has 0 amide bonds. The molecule has 15 heterocycles. The Morgan fingerprint density at radius 2 is 0.809 bits per heavy atom. The molecule has 0 aliphatic carbocycles. The van der Waals surface area contributed by atoms with Crippen molar-refractivity contribution in [2.24, 2.45) is 70.5 Å². The summed E-state index contributed by atoms with van der Waals surface area (Å²) in [6.45, 7) is 37.9. The highest BCUT2D eigenvalue weighted by Crippen LogP contribution is 2.50. The van der Waals surface area contributed by atoms with E-state index in [4.69, 9.17) is 4.98 Å². The fourth-order valence-corrected chi connectivity index (χ4v) is 22.2. The van der Waals surface area contributed by atoms with Crippen LogP contribution in [0.15, 0.2) is 199 Å². The monoisotopic (exact) mass is 1650 g/mol. The number of fused-ring (bicyclic) bond motifs is 2. The molecule has 12 aromatic rings. The van der Waals surface area contributed by atoms with Gasteiger partial charge in [0.25, 0.3) is 0 Å². The molecule has 17 rings (SSSR count). The predicted molar refractivity (Wildman–Crippen MR) is 470 cm³/mol. The molecule has 608 valence electrons. The van der Waals surface area contributed by atoms with Crippen LogP contribution in [-0.2, 0) is 98.2 Å². The van der Waals surface area contributed by atoms with Crippen LogP contribution in [0.1, 0.15) is 144 Å². The van der Waals surface area contributed by atoms with E-state index >= 15 is 0 Å². The Morgan fingerprint density at radius 3 is 1.19 bits per heavy atom. The van der Waals surface area contributed by atoms with Crippen molar-refractivity contribution in [3.63, 3.8) is 0 Å². The number of thiazole rings is 5. The summed E-state index contributed by atoms with van der Waals surface area (Å²) in [5.74, 6) is 3.18. The van der Waals surface area contributed by atoms with Crippen molar-refractivity contribution in [3.05, 3.63) is 239 Å². The normalized spacial score (nSPS) is 18.2. The van der Waals surface area contributed by atoms with E-state index < -0.39 is 0 Å². The lowest BCUT2D eigenvalue weighted by Gasteiger charge is -2.40. The third-order valence-corrected chi connectivity index (χ3v) is 28.6. The summed E-state index contributed by atoms with van der Waals surface area (Å²) < 4.78 is 21.5. The van der Waals surface area contributed by atoms with E-state index in [0.29, 0.717) is 0 Å². The number of benzene rings is 2. The number of nitrogens with zero attached hydrogens (tertiary/aromatic N) is 24. The first-order valence-corrected chi connectivity index (χ1v) is 43.7. The van der Waals surface area contributed by atoms with Gasteiger partial charge in [0.15, 0.2) is 36.5 Å². The van der Waals surface area contributed by atoms with Crippen LogP contribution in [0.25, 0.3) is 11.0 Å². The van der Waals surface area contributed by atoms with Crippen LogP contribution in [0.3, 0.4) is 0 Å². The van der Waals surface area contributed by atoms with Gasteiger partial charge in [-0.05, 0) is 160 Å². The van der Waals surface area contributed by atoms with E-state index in [0.717, 1.165) is 28.7 Å². The van der Waals surface area contributed by atoms with Crippen LogP contribution in [0, 0.1) is 13.8 Å². The second kappa shape index (κ2) is 32.2. The van der Waals surface area contributed by atoms with Gasteiger partial charge in [-0.2, -0.15) is 10.00 Å². The molecule has 29 heteroatoms. The number of anilines is 7. The Bertz CT molecular complexity index is 5420. The minimum atomic E-state index is -0.228. The van der Waals surface area contributed by atoms with Crippen LogP contribution >= 0.6 is 56.7 Å². The summed E-state index contributed by atoms with van der Waals surface area (Å²) in [6.07, 6.45) is 37.1. The largest absolute Gasteiger partial charge is 0.352 e. The van der Waals surface area contributed by atoms with Crippen molar-refractivity contribution >= 4 is 105 Å². The predicted octanol–water partition coefficient (Wildman–Crippen LogP) is 14.6. The first kappa shape index (κ1) is 82.9. The van der Waals surface area contributed by atoms with Gasteiger partial charge >= 0.3 is 25.7 Å². The molecule has 0 radical (unpaired) electrons. The number of hydrogen-bond acceptors (Lipinski definition) is 19. The van der Waals surface area contributed by atoms with Crippen molar-refractivity contribution in [2.75, 3.05) is 29.4 Å². The maximum absolute atomic E-state index is 4.93. The average Bonchev–Trinajstić information content (AvgIpc) is 1.58. The van der Waals surface area contributed by atoms with Crippen LogP contribution in [0.4, 0.5) is 37.0 Å². The molecular formula is C86H119N24S5+5. The third-order valence-electron chi connectivity index (χ3n) is 23.7. The fourth-order valence-electron chi connectivity index (χ4n) is 17.5. The molecule has 0 spiro atoms. The maximum atomic E-state index is 4.93. The molecule has 0 unspecified atom stereocenters. The molecule has 10 aromatic heterocycles. The zero-order chi connectivity index (χ0) is 82.9. The van der Waals surface area contributed by atoms with Gasteiger partial charge < -0.3 is 42.8 Å². The number of para-hydroxylation sites is 4. The van der Waals surface area contributed by atoms with Gasteiger partial charge in [0.1, 0.15) is 73.3 Å². The first-order valence-electron chi connectivity index (χ1n) is 39.3. The Balaban J connectivity index is 0.000000125. The fraction of sp³-hybridized carbons (Fsp3) is 0.430. The van der Waals surface area contributed by atoms with Gasteiger partial charge in [-0.1, -0.05) is 80.9 Å². The number of hydrogen-bond donors (Lipinski definition) is 0. The highest BCUT2D eigenvalue weighted by atomic mass is 32.1. The summed E-state index contributed by atoms with van der Waals surface area (Å²) in [5, 5.41) is 21.3. The number of rotatable bonds is 15. The second-order valence-corrected chi connectivity index (χ2v) is 37.4. The lowest BCUT2D eigenvalue weighted by Crippen LogP contribution is -2.51. The Labute approximate surface area is 700 Å². The third kappa shape index (κ3) is 15.2. The Hall–Kier alpha value is -10.1. The zero-order valence-corrected chi connectivity index (χ0v) is 76.3. The highest BCUT2D eigenvalue weighted by Gasteiger charge is 2.50. The summed E-state index contributed by atoms with van der Waals surface area (Å²) in [6, 6.07) is 23.6. The SMILES string of the molecule is C[C@@H]1N(c2scc[n+]2C)C=CN1C(C)(C)c1nc2ccccc2n1C.C[C@@H]1N(c2scc[n+]2C)C=CN1C(C)(C)c1nccn1C.C[C@@H]1N(c2scc[n+]2C)c2ccccc2N1C(C)(C)c1cccn1C.Cc1cc(C(C)(C)N2C=CN(c3scc[n+]3C)[C@H]2C)n(C)n1.Cc1ncc(C(C)(C)N2C=CN(c3scc[n+]3C)[C@H]2C)n1C. The van der Waals surface area contributed by atoms with E-state index in [1.807, 2.05) is 57.3 Å². The summed E-state index contributed by atoms with van der Waals surface area (Å²) in [4.78, 5) is 37.7. The first-order chi connectivity index (χ1) is 54.4. The molecule has 115 heavy (non-hydrogen) atoms. The summed E-state index contributed by atoms with van der Waals surface area (Å²) in [7, 11) is 20.8. The van der Waals surface area contributed by atoms with Crippen LogP contribution in [0.5, 0.6) is 0 Å². The molecule has 24 nitrogen and oxygen atoms in total. The molecular weight excluding hydrogens is 1530 g/mol. The minimum absolute atomic E-state index is 0.127. The molecule has 5 aliphatic rings. The second-order valence-electron chi connectivity index (χ2n) is 33.0. The quantitative estimate of drug-likeness (QED) is 0.0903. The Morgan fingerprint density at radius 1 is 0.391 bits per heavy atom. The standard InChI is InChI=1S/C20H25N4S.C19H24N5S.2C16H24N5S.C15H22N5S/c1-15-23(19-22(5)13-14-25-19)16-9-6-7-10-17(16)24(15)20(2,3)18-11-8-12-21(18)4;1-14-23(18-21(4)12-13-25-18)10-11-24(14)19(2,3)17-20-15-8-6-7-9-16(15)22(17)5;1-12-17-11-14(19(12)6)16(3,4)21-8-7-20(13(21)2)15-18(5)9-10-22-15;1-12-11-14(19(6)17-12)16(3,4)21-8-7-20(13(21)2)15-18(5)9-10-22-15;1-12-19(14-18(5)10-11-21-14)8-9-20(12)15(2,3)13-16-6-7-17(13)4/h6-15H,1-5H3;6-14H,1-5H3;2*7-11,13H,1-6H3;6-12H,1-5H3/q5*+1/t15-;14-;2*13-;12-/m11111/s1. The molecule has 0 N–H and O–H groups in total. The van der Waals surface area contributed by atoms with Crippen molar-refractivity contribution in [2.45, 2.75) is 176 Å². The number of aryl methyl sites for hydroxylation is 11. The van der Waals surface area contributed by atoms with Gasteiger partial charge in [-0.3, -0.25) is 4.68 Å². The van der Waals surface area contributed by atoms with E-state index in [1.165, 1.54) is 59.6 Å². The van der Waals surface area contributed by atoms with Crippen molar-refractivity contribution in [1.29, 1.82) is 0 Å². The van der Waals surface area contributed by atoms with E-state index in [-0.39, 0.29) is 58.5 Å². The topological polar surface area (TPSA) is 128 Å². The lowest BCUT2D eigenvalue weighted by molar-refractivity contribution is -0.654. The molecule has 0 saturated carbocycles. The molecule has 2 aromatic carbocycles. The molecule has 5 aliphatic heterocycles. The maximum Gasteiger partial charge on any atom is 0.342 e. The van der Waals surface area contributed by atoms with Crippen molar-refractivity contribution in [3.8, 4) is 0 Å². The van der Waals surface area contributed by atoms with Gasteiger partial charge in [0, 0.05) is 111 Å². The van der Waals surface area contributed by atoms with Gasteiger partial charge in [-0.25, -0.2) is 57.4 Å². The van der Waals surface area contributed by atoms with E-state index in [2.05, 4.69) is 440 Å². The molecule has 0 bridgehead atoms. The molecule has 5 atom stereocenters. The lowest BCUT2D eigenvalue weighted by atomic mass is 9.96. The van der Waals surface area contributed by atoms with Gasteiger partial charge in [0.2, 0.25) is 0 Å². The van der Waals surface area contributed by atoms with E-state index in [9.17, 15) is 0 Å². The highest BCUT2D eigenvalue weighted by molar-refractivity contribution is 7.14. The molecule has 0 fully saturated rings. The zero-order valence-electron chi connectivity index (χ0n) is 72.2. The Kier molecular flexibility index (Phi) is 23.2. The van der Waals surface area contributed by atoms with Crippen LogP contribution < -0.4 is 52.2 Å². The van der Waals surface area contributed by atoms with E-state index in [1.54, 1.807) is 56.7 Å². The smallest absolute Gasteiger partial charge is 0.342 e. The van der Waals surface area contributed by atoms with Crippen LogP contribution in [0.2, 0.25) is 0 Å². The molecule has 0 saturated heterocycles. The number of imidazole rings is 3. The minimum Gasteiger partial charge on any atom is -0.352 e. The average molecular weight is 1650 g/mol.